The molecule has 1 heterocycles. The molecule has 5 heteroatoms. The van der Waals surface area contributed by atoms with Crippen molar-refractivity contribution in [2.45, 2.75) is 72.6 Å². The Bertz CT molecular complexity index is 1450. The third-order valence-electron chi connectivity index (χ3n) is 7.41. The van der Waals surface area contributed by atoms with Crippen molar-refractivity contribution < 1.29 is 14.3 Å². The number of benzene rings is 3. The van der Waals surface area contributed by atoms with E-state index in [0.717, 1.165) is 39.6 Å². The van der Waals surface area contributed by atoms with Gasteiger partial charge in [-0.2, -0.15) is 0 Å². The summed E-state index contributed by atoms with van der Waals surface area (Å²) >= 11 is 0. The van der Waals surface area contributed by atoms with Gasteiger partial charge in [0.1, 0.15) is 5.75 Å². The van der Waals surface area contributed by atoms with Gasteiger partial charge in [-0.1, -0.05) is 57.2 Å². The summed E-state index contributed by atoms with van der Waals surface area (Å²) in [7, 11) is 0. The highest BCUT2D eigenvalue weighted by Crippen LogP contribution is 2.28. The molecular weight excluding hydrogens is 472 g/mol. The van der Waals surface area contributed by atoms with Gasteiger partial charge in [-0.15, -0.1) is 0 Å². The van der Waals surface area contributed by atoms with E-state index in [1.54, 1.807) is 0 Å². The fourth-order valence-electron chi connectivity index (χ4n) is 4.83. The summed E-state index contributed by atoms with van der Waals surface area (Å²) in [5.74, 6) is 1.05. The largest absolute Gasteiger partial charge is 0.483 e. The van der Waals surface area contributed by atoms with E-state index < -0.39 is 6.10 Å². The van der Waals surface area contributed by atoms with Gasteiger partial charge >= 0.3 is 0 Å². The van der Waals surface area contributed by atoms with Crippen molar-refractivity contribution in [2.24, 2.45) is 0 Å². The normalized spacial score (nSPS) is 12.9. The van der Waals surface area contributed by atoms with E-state index in [1.165, 1.54) is 5.56 Å². The number of hydrogen-bond acceptors (Lipinski definition) is 3. The molecule has 3 aromatic carbocycles. The lowest BCUT2D eigenvalue weighted by atomic mass is 9.98. The van der Waals surface area contributed by atoms with Gasteiger partial charge in [0.15, 0.2) is 12.4 Å². The number of amides is 1. The van der Waals surface area contributed by atoms with Crippen LogP contribution in [0.15, 0.2) is 66.7 Å². The monoisotopic (exact) mass is 510 g/mol. The second-order valence-corrected chi connectivity index (χ2v) is 10.4. The second kappa shape index (κ2) is 11.7. The molecule has 1 aromatic heterocycles. The van der Waals surface area contributed by atoms with Crippen LogP contribution in [-0.2, 0) is 11.3 Å². The Hall–Kier alpha value is -3.86. The summed E-state index contributed by atoms with van der Waals surface area (Å²) in [6, 6.07) is 22.2. The minimum atomic E-state index is -0.437. The average molecular weight is 511 g/mol. The predicted octanol–water partition coefficient (Wildman–Crippen LogP) is 7.28. The van der Waals surface area contributed by atoms with Crippen LogP contribution in [-0.4, -0.2) is 22.9 Å². The van der Waals surface area contributed by atoms with Crippen LogP contribution in [0.3, 0.4) is 0 Å². The average Bonchev–Trinajstić information content (AvgIpc) is 3.16. The number of aryl methyl sites for hydroxylation is 1. The Morgan fingerprint density at radius 2 is 1.71 bits per heavy atom. The molecule has 0 saturated heterocycles. The zero-order chi connectivity index (χ0) is 27.4. The zero-order valence-electron chi connectivity index (χ0n) is 23.2. The summed E-state index contributed by atoms with van der Waals surface area (Å²) in [5.41, 5.74) is 7.51. The van der Waals surface area contributed by atoms with Gasteiger partial charge in [-0.05, 0) is 85.7 Å². The first-order valence-corrected chi connectivity index (χ1v) is 13.4. The Labute approximate surface area is 225 Å². The molecule has 0 aliphatic rings. The maximum atomic E-state index is 13.2. The molecule has 0 radical (unpaired) electrons. The van der Waals surface area contributed by atoms with Crippen LogP contribution in [0.4, 0.5) is 0 Å². The van der Waals surface area contributed by atoms with E-state index in [4.69, 9.17) is 4.74 Å². The lowest BCUT2D eigenvalue weighted by Crippen LogP contribution is -2.26. The summed E-state index contributed by atoms with van der Waals surface area (Å²) in [5, 5.41) is 4.24. The molecule has 0 saturated carbocycles. The lowest BCUT2D eigenvalue weighted by molar-refractivity contribution is -0.113. The van der Waals surface area contributed by atoms with Crippen molar-refractivity contribution in [1.82, 2.24) is 9.88 Å². The number of carbonyl (C=O) groups is 2. The number of nitrogens with one attached hydrogen (secondary N) is 1. The van der Waals surface area contributed by atoms with Crippen LogP contribution >= 0.6 is 0 Å². The topological polar surface area (TPSA) is 60.3 Å². The molecule has 2 atom stereocenters. The minimum Gasteiger partial charge on any atom is -0.483 e. The molecule has 1 N–H and O–H groups in total. The van der Waals surface area contributed by atoms with Gasteiger partial charge < -0.3 is 14.6 Å². The zero-order valence-corrected chi connectivity index (χ0v) is 23.2. The molecule has 0 spiro atoms. The van der Waals surface area contributed by atoms with Gasteiger partial charge in [0, 0.05) is 28.7 Å². The summed E-state index contributed by atoms with van der Waals surface area (Å²) in [6.07, 6.45) is 1.04. The minimum absolute atomic E-state index is 0.0790. The Morgan fingerprint density at radius 1 is 0.974 bits per heavy atom. The van der Waals surface area contributed by atoms with Crippen LogP contribution in [0, 0.1) is 13.8 Å². The number of aldehydes is 1. The summed E-state index contributed by atoms with van der Waals surface area (Å²) in [4.78, 5) is 24.4. The molecule has 0 aliphatic heterocycles. The number of nitrogens with zero attached hydrogens (tertiary/aromatic N) is 1. The molecule has 1 amide bonds. The first-order chi connectivity index (χ1) is 18.2. The molecule has 4 rings (SSSR count). The van der Waals surface area contributed by atoms with Crippen LogP contribution < -0.4 is 10.1 Å². The van der Waals surface area contributed by atoms with Crippen LogP contribution in [0.2, 0.25) is 0 Å². The van der Waals surface area contributed by atoms with Gasteiger partial charge in [-0.25, -0.2) is 0 Å². The predicted molar refractivity (Wildman–Crippen MR) is 154 cm³/mol. The molecular formula is C33H38N2O3. The van der Waals surface area contributed by atoms with Gasteiger partial charge in [0.05, 0.1) is 6.04 Å². The SMILES string of the molecule is CC[C@@H](C=O)Oc1cccc(Cn2c(C)c(C)c3cc(C(=O)N[C@@H](C)c4cccc(C(C)C)c4)ccc32)c1. The highest BCUT2D eigenvalue weighted by atomic mass is 16.5. The van der Waals surface area contributed by atoms with Gasteiger partial charge in [0.25, 0.3) is 5.91 Å². The maximum Gasteiger partial charge on any atom is 0.251 e. The molecule has 0 unspecified atom stereocenters. The molecule has 0 fully saturated rings. The number of carbonyl (C=O) groups excluding carboxylic acids is 2. The summed E-state index contributed by atoms with van der Waals surface area (Å²) in [6.45, 7) is 13.2. The van der Waals surface area contributed by atoms with Crippen molar-refractivity contribution >= 4 is 23.1 Å². The number of fused-ring (bicyclic) bond motifs is 1. The van der Waals surface area contributed by atoms with E-state index in [-0.39, 0.29) is 11.9 Å². The van der Waals surface area contributed by atoms with E-state index in [9.17, 15) is 9.59 Å². The van der Waals surface area contributed by atoms with Crippen LogP contribution in [0.25, 0.3) is 10.9 Å². The first kappa shape index (κ1) is 27.2. The molecule has 5 nitrogen and oxygen atoms in total. The standard InChI is InChI=1S/C33H38N2O3/c1-7-29(20-36)38-30-13-8-10-25(16-30)19-35-24(6)22(4)31-18-28(14-15-32(31)35)33(37)34-23(5)27-12-9-11-26(17-27)21(2)3/h8-18,20-21,23,29H,7,19H2,1-6H3,(H,34,37)/t23-,29-/m0/s1. The molecule has 198 valence electrons. The van der Waals surface area contributed by atoms with E-state index in [2.05, 4.69) is 67.9 Å². The van der Waals surface area contributed by atoms with Crippen molar-refractivity contribution in [3.8, 4) is 5.75 Å². The fourth-order valence-corrected chi connectivity index (χ4v) is 4.83. The second-order valence-electron chi connectivity index (χ2n) is 10.4. The number of hydrogen-bond donors (Lipinski definition) is 1. The van der Waals surface area contributed by atoms with Crippen molar-refractivity contribution in [3.05, 3.63) is 100 Å². The molecule has 0 aliphatic carbocycles. The highest BCUT2D eigenvalue weighted by Gasteiger charge is 2.17. The van der Waals surface area contributed by atoms with Crippen LogP contribution in [0.5, 0.6) is 5.75 Å². The molecule has 38 heavy (non-hydrogen) atoms. The summed E-state index contributed by atoms with van der Waals surface area (Å²) < 4.78 is 8.08. The third-order valence-corrected chi connectivity index (χ3v) is 7.41. The third kappa shape index (κ3) is 5.83. The Balaban J connectivity index is 1.56. The van der Waals surface area contributed by atoms with Crippen molar-refractivity contribution in [2.75, 3.05) is 0 Å². The lowest BCUT2D eigenvalue weighted by Gasteiger charge is -2.17. The van der Waals surface area contributed by atoms with Crippen molar-refractivity contribution in [3.63, 3.8) is 0 Å². The van der Waals surface area contributed by atoms with Crippen LogP contribution in [0.1, 0.15) is 84.4 Å². The smallest absolute Gasteiger partial charge is 0.251 e. The fraction of sp³-hybridized carbons (Fsp3) is 0.333. The number of rotatable bonds is 10. The maximum absolute atomic E-state index is 13.2. The number of ether oxygens (including phenoxy) is 1. The van der Waals surface area contributed by atoms with E-state index >= 15 is 0 Å². The Kier molecular flexibility index (Phi) is 8.35. The van der Waals surface area contributed by atoms with Gasteiger partial charge in [0.2, 0.25) is 0 Å². The van der Waals surface area contributed by atoms with E-state index in [0.29, 0.717) is 30.2 Å². The van der Waals surface area contributed by atoms with Gasteiger partial charge in [-0.3, -0.25) is 9.59 Å². The molecule has 4 aromatic rings. The first-order valence-electron chi connectivity index (χ1n) is 13.4. The Morgan fingerprint density at radius 3 is 2.42 bits per heavy atom. The van der Waals surface area contributed by atoms with Crippen molar-refractivity contribution in [1.29, 1.82) is 0 Å². The van der Waals surface area contributed by atoms with E-state index in [1.807, 2.05) is 50.2 Å². The highest BCUT2D eigenvalue weighted by molar-refractivity contribution is 5.99. The molecule has 0 bridgehead atoms. The number of aromatic nitrogens is 1. The quantitative estimate of drug-likeness (QED) is 0.228.